The summed E-state index contributed by atoms with van der Waals surface area (Å²) in [5, 5.41) is 13.5. The number of aliphatic hydroxyl groups excluding tert-OH is 1. The van der Waals surface area contributed by atoms with Crippen molar-refractivity contribution < 1.29 is 9.63 Å². The lowest BCUT2D eigenvalue weighted by molar-refractivity contribution is 0.0657. The van der Waals surface area contributed by atoms with E-state index in [1.807, 2.05) is 6.92 Å². The molecule has 0 spiro atoms. The Labute approximate surface area is 83.3 Å². The van der Waals surface area contributed by atoms with Crippen molar-refractivity contribution >= 4 is 0 Å². The molecule has 14 heavy (non-hydrogen) atoms. The van der Waals surface area contributed by atoms with E-state index in [0.29, 0.717) is 17.6 Å². The fourth-order valence-electron chi connectivity index (χ4n) is 2.07. The number of aryl methyl sites for hydroxylation is 1. The second kappa shape index (κ2) is 4.09. The van der Waals surface area contributed by atoms with Gasteiger partial charge in [-0.3, -0.25) is 0 Å². The van der Waals surface area contributed by atoms with Crippen molar-refractivity contribution in [3.8, 4) is 0 Å². The summed E-state index contributed by atoms with van der Waals surface area (Å²) in [6.45, 7) is 1.81. The maximum atomic E-state index is 9.75. The lowest BCUT2D eigenvalue weighted by Crippen LogP contribution is -2.26. The van der Waals surface area contributed by atoms with Crippen LogP contribution in [0.25, 0.3) is 0 Å². The third kappa shape index (κ3) is 2.12. The first-order valence-electron chi connectivity index (χ1n) is 5.23. The van der Waals surface area contributed by atoms with Gasteiger partial charge in [0, 0.05) is 6.42 Å². The van der Waals surface area contributed by atoms with Crippen LogP contribution in [0.3, 0.4) is 0 Å². The quantitative estimate of drug-likeness (QED) is 0.778. The maximum Gasteiger partial charge on any atom is 0.227 e. The maximum absolute atomic E-state index is 9.75. The summed E-state index contributed by atoms with van der Waals surface area (Å²) < 4.78 is 5.04. The zero-order valence-corrected chi connectivity index (χ0v) is 8.44. The standard InChI is InChI=1S/C10H16N2O2/c1-7-11-10(14-12-7)6-8-4-2-3-5-9(8)13/h8-9,13H,2-6H2,1H3. The van der Waals surface area contributed by atoms with Gasteiger partial charge in [0.25, 0.3) is 0 Å². The minimum absolute atomic E-state index is 0.184. The largest absolute Gasteiger partial charge is 0.393 e. The third-order valence-corrected chi connectivity index (χ3v) is 2.88. The number of nitrogens with zero attached hydrogens (tertiary/aromatic N) is 2. The molecule has 4 heteroatoms. The van der Waals surface area contributed by atoms with Crippen LogP contribution in [0.2, 0.25) is 0 Å². The summed E-state index contributed by atoms with van der Waals surface area (Å²) in [6.07, 6.45) is 4.87. The van der Waals surface area contributed by atoms with Crippen LogP contribution in [0.1, 0.15) is 37.4 Å². The molecule has 1 aromatic rings. The summed E-state index contributed by atoms with van der Waals surface area (Å²) in [4.78, 5) is 4.15. The van der Waals surface area contributed by atoms with Crippen LogP contribution in [0, 0.1) is 12.8 Å². The van der Waals surface area contributed by atoms with E-state index in [4.69, 9.17) is 4.52 Å². The van der Waals surface area contributed by atoms with Gasteiger partial charge < -0.3 is 9.63 Å². The highest BCUT2D eigenvalue weighted by Gasteiger charge is 2.24. The van der Waals surface area contributed by atoms with Crippen LogP contribution in [0.4, 0.5) is 0 Å². The zero-order valence-electron chi connectivity index (χ0n) is 8.44. The Morgan fingerprint density at radius 1 is 1.43 bits per heavy atom. The van der Waals surface area contributed by atoms with E-state index in [-0.39, 0.29) is 6.10 Å². The Bertz CT molecular complexity index is 298. The first-order chi connectivity index (χ1) is 6.75. The summed E-state index contributed by atoms with van der Waals surface area (Å²) in [5.41, 5.74) is 0. The fraction of sp³-hybridized carbons (Fsp3) is 0.800. The van der Waals surface area contributed by atoms with E-state index in [2.05, 4.69) is 10.1 Å². The molecule has 1 aromatic heterocycles. The predicted octanol–water partition coefficient (Wildman–Crippen LogP) is 1.47. The van der Waals surface area contributed by atoms with Gasteiger partial charge in [-0.25, -0.2) is 0 Å². The molecular formula is C10H16N2O2. The third-order valence-electron chi connectivity index (χ3n) is 2.88. The molecule has 0 aromatic carbocycles. The summed E-state index contributed by atoms with van der Waals surface area (Å²) in [6, 6.07) is 0. The fourth-order valence-corrected chi connectivity index (χ4v) is 2.07. The van der Waals surface area contributed by atoms with Gasteiger partial charge in [0.2, 0.25) is 5.89 Å². The molecule has 1 saturated carbocycles. The van der Waals surface area contributed by atoms with Crippen molar-refractivity contribution in [2.45, 2.75) is 45.1 Å². The van der Waals surface area contributed by atoms with Gasteiger partial charge in [-0.1, -0.05) is 18.0 Å². The Balaban J connectivity index is 1.95. The highest BCUT2D eigenvalue weighted by Crippen LogP contribution is 2.26. The van der Waals surface area contributed by atoms with Gasteiger partial charge in [-0.2, -0.15) is 4.98 Å². The molecule has 2 atom stereocenters. The number of hydrogen-bond acceptors (Lipinski definition) is 4. The molecule has 78 valence electrons. The second-order valence-electron chi connectivity index (χ2n) is 4.05. The van der Waals surface area contributed by atoms with Gasteiger partial charge in [0.15, 0.2) is 5.82 Å². The number of rotatable bonds is 2. The van der Waals surface area contributed by atoms with Crippen molar-refractivity contribution in [3.63, 3.8) is 0 Å². The molecule has 0 aliphatic heterocycles. The van der Waals surface area contributed by atoms with Crippen molar-refractivity contribution in [1.29, 1.82) is 0 Å². The van der Waals surface area contributed by atoms with Crippen LogP contribution in [0.15, 0.2) is 4.52 Å². The van der Waals surface area contributed by atoms with E-state index in [9.17, 15) is 5.11 Å². The minimum atomic E-state index is -0.184. The Kier molecular flexibility index (Phi) is 2.82. The number of hydrogen-bond donors (Lipinski definition) is 1. The first kappa shape index (κ1) is 9.65. The molecule has 0 radical (unpaired) electrons. The molecule has 2 rings (SSSR count). The second-order valence-corrected chi connectivity index (χ2v) is 4.05. The van der Waals surface area contributed by atoms with Gasteiger partial charge in [0.1, 0.15) is 0 Å². The summed E-state index contributed by atoms with van der Waals surface area (Å²) >= 11 is 0. The smallest absolute Gasteiger partial charge is 0.227 e. The summed E-state index contributed by atoms with van der Waals surface area (Å²) in [7, 11) is 0. The van der Waals surface area contributed by atoms with Crippen molar-refractivity contribution in [2.24, 2.45) is 5.92 Å². The number of aliphatic hydroxyl groups is 1. The average molecular weight is 196 g/mol. The van der Waals surface area contributed by atoms with E-state index in [1.54, 1.807) is 0 Å². The molecule has 0 amide bonds. The van der Waals surface area contributed by atoms with Crippen LogP contribution in [0.5, 0.6) is 0 Å². The zero-order chi connectivity index (χ0) is 9.97. The molecule has 1 fully saturated rings. The minimum Gasteiger partial charge on any atom is -0.393 e. The van der Waals surface area contributed by atoms with Crippen LogP contribution < -0.4 is 0 Å². The van der Waals surface area contributed by atoms with Crippen LogP contribution >= 0.6 is 0 Å². The molecule has 1 aliphatic rings. The molecule has 1 N–H and O–H groups in total. The molecule has 0 bridgehead atoms. The van der Waals surface area contributed by atoms with Gasteiger partial charge in [0.05, 0.1) is 6.10 Å². The molecule has 1 aliphatic carbocycles. The average Bonchev–Trinajstić information content (AvgIpc) is 2.56. The molecule has 4 nitrogen and oxygen atoms in total. The van der Waals surface area contributed by atoms with Crippen molar-refractivity contribution in [1.82, 2.24) is 10.1 Å². The first-order valence-corrected chi connectivity index (χ1v) is 5.23. The topological polar surface area (TPSA) is 59.2 Å². The normalized spacial score (nSPS) is 27.9. The number of aromatic nitrogens is 2. The Morgan fingerprint density at radius 3 is 2.86 bits per heavy atom. The monoisotopic (exact) mass is 196 g/mol. The highest BCUT2D eigenvalue weighted by molar-refractivity contribution is 4.88. The van der Waals surface area contributed by atoms with E-state index >= 15 is 0 Å². The van der Waals surface area contributed by atoms with Crippen LogP contribution in [-0.4, -0.2) is 21.4 Å². The van der Waals surface area contributed by atoms with E-state index in [1.165, 1.54) is 6.42 Å². The van der Waals surface area contributed by atoms with Gasteiger partial charge in [-0.05, 0) is 25.7 Å². The Morgan fingerprint density at radius 2 is 2.21 bits per heavy atom. The van der Waals surface area contributed by atoms with Crippen LogP contribution in [-0.2, 0) is 6.42 Å². The predicted molar refractivity (Wildman–Crippen MR) is 50.7 cm³/mol. The van der Waals surface area contributed by atoms with Crippen molar-refractivity contribution in [3.05, 3.63) is 11.7 Å². The van der Waals surface area contributed by atoms with Gasteiger partial charge in [-0.15, -0.1) is 0 Å². The van der Waals surface area contributed by atoms with Crippen molar-refractivity contribution in [2.75, 3.05) is 0 Å². The van der Waals surface area contributed by atoms with E-state index in [0.717, 1.165) is 25.7 Å². The lowest BCUT2D eigenvalue weighted by Gasteiger charge is -2.26. The SMILES string of the molecule is Cc1noc(CC2CCCCC2O)n1. The molecule has 2 unspecified atom stereocenters. The Hall–Kier alpha value is -0.900. The van der Waals surface area contributed by atoms with E-state index < -0.39 is 0 Å². The lowest BCUT2D eigenvalue weighted by atomic mass is 9.84. The molecule has 1 heterocycles. The molecular weight excluding hydrogens is 180 g/mol. The highest BCUT2D eigenvalue weighted by atomic mass is 16.5. The molecule has 0 saturated heterocycles. The summed E-state index contributed by atoms with van der Waals surface area (Å²) in [5.74, 6) is 1.64. The van der Waals surface area contributed by atoms with Gasteiger partial charge >= 0.3 is 0 Å².